The van der Waals surface area contributed by atoms with Crippen molar-refractivity contribution in [2.45, 2.75) is 38.6 Å². The number of methoxy groups -OCH3 is 1. The third kappa shape index (κ3) is 4.70. The monoisotopic (exact) mass is 272 g/mol. The van der Waals surface area contributed by atoms with E-state index in [1.54, 1.807) is 12.0 Å². The number of urea groups is 1. The van der Waals surface area contributed by atoms with E-state index in [1.807, 2.05) is 6.92 Å². The van der Waals surface area contributed by atoms with Crippen LogP contribution in [0.5, 0.6) is 0 Å². The zero-order valence-electron chi connectivity index (χ0n) is 11.8. The first-order valence-corrected chi connectivity index (χ1v) is 6.86. The Morgan fingerprint density at radius 1 is 1.32 bits per heavy atom. The molecule has 0 heterocycles. The second kappa shape index (κ2) is 7.99. The van der Waals surface area contributed by atoms with E-state index in [1.165, 1.54) is 4.90 Å². The van der Waals surface area contributed by atoms with Crippen molar-refractivity contribution >= 4 is 12.0 Å². The number of carbonyl (C=O) groups is 2. The smallest absolute Gasteiger partial charge is 0.323 e. The van der Waals surface area contributed by atoms with Gasteiger partial charge in [0.05, 0.1) is 6.61 Å². The minimum atomic E-state index is -0.956. The molecule has 6 nitrogen and oxygen atoms in total. The van der Waals surface area contributed by atoms with Gasteiger partial charge in [-0.05, 0) is 19.8 Å². The van der Waals surface area contributed by atoms with E-state index >= 15 is 0 Å². The molecule has 19 heavy (non-hydrogen) atoms. The maximum atomic E-state index is 12.4. The highest BCUT2D eigenvalue weighted by molar-refractivity contribution is 5.80. The average molecular weight is 272 g/mol. The van der Waals surface area contributed by atoms with Crippen LogP contribution < -0.4 is 0 Å². The van der Waals surface area contributed by atoms with Crippen molar-refractivity contribution < 1.29 is 19.4 Å². The van der Waals surface area contributed by atoms with Gasteiger partial charge in [-0.2, -0.15) is 0 Å². The molecule has 0 aromatic heterocycles. The molecule has 0 spiro atoms. The summed E-state index contributed by atoms with van der Waals surface area (Å²) in [5.41, 5.74) is 0. The van der Waals surface area contributed by atoms with Crippen molar-refractivity contribution in [1.29, 1.82) is 0 Å². The van der Waals surface area contributed by atoms with E-state index in [-0.39, 0.29) is 18.6 Å². The van der Waals surface area contributed by atoms with E-state index in [0.29, 0.717) is 19.7 Å². The van der Waals surface area contributed by atoms with E-state index in [0.717, 1.165) is 25.7 Å². The van der Waals surface area contributed by atoms with Crippen molar-refractivity contribution in [2.75, 3.05) is 33.4 Å². The lowest BCUT2D eigenvalue weighted by atomic mass is 10.2. The highest BCUT2D eigenvalue weighted by atomic mass is 16.5. The normalized spacial score (nSPS) is 15.5. The van der Waals surface area contributed by atoms with Gasteiger partial charge in [0.25, 0.3) is 0 Å². The minimum absolute atomic E-state index is 0.0696. The SMILES string of the molecule is CCN(CCOC)C(=O)N(CC(=O)O)C1CCCC1. The van der Waals surface area contributed by atoms with Crippen LogP contribution in [0.4, 0.5) is 4.79 Å². The zero-order valence-corrected chi connectivity index (χ0v) is 11.8. The predicted octanol–water partition coefficient (Wildman–Crippen LogP) is 1.40. The summed E-state index contributed by atoms with van der Waals surface area (Å²) in [6, 6.07) is -0.117. The molecule has 0 aromatic carbocycles. The highest BCUT2D eigenvalue weighted by Crippen LogP contribution is 2.24. The topological polar surface area (TPSA) is 70.1 Å². The fraction of sp³-hybridized carbons (Fsp3) is 0.846. The second-order valence-electron chi connectivity index (χ2n) is 4.81. The first kappa shape index (κ1) is 15.8. The van der Waals surface area contributed by atoms with Gasteiger partial charge in [0.1, 0.15) is 6.54 Å². The molecule has 0 atom stereocenters. The van der Waals surface area contributed by atoms with Crippen LogP contribution in [0.3, 0.4) is 0 Å². The third-order valence-corrected chi connectivity index (χ3v) is 3.53. The van der Waals surface area contributed by atoms with Crippen molar-refractivity contribution in [1.82, 2.24) is 9.80 Å². The van der Waals surface area contributed by atoms with Gasteiger partial charge in [0.2, 0.25) is 0 Å². The molecule has 110 valence electrons. The van der Waals surface area contributed by atoms with E-state index in [9.17, 15) is 9.59 Å². The van der Waals surface area contributed by atoms with Crippen LogP contribution >= 0.6 is 0 Å². The molecule has 1 rings (SSSR count). The summed E-state index contributed by atoms with van der Waals surface area (Å²) in [7, 11) is 1.59. The maximum absolute atomic E-state index is 12.4. The number of carbonyl (C=O) groups excluding carboxylic acids is 1. The van der Waals surface area contributed by atoms with Gasteiger partial charge in [0.15, 0.2) is 0 Å². The lowest BCUT2D eigenvalue weighted by Crippen LogP contribution is -2.50. The van der Waals surface area contributed by atoms with Crippen molar-refractivity contribution in [3.8, 4) is 0 Å². The highest BCUT2D eigenvalue weighted by Gasteiger charge is 2.30. The summed E-state index contributed by atoms with van der Waals surface area (Å²) < 4.78 is 4.98. The molecule has 1 fully saturated rings. The summed E-state index contributed by atoms with van der Waals surface area (Å²) in [6.45, 7) is 3.19. The molecule has 0 unspecified atom stereocenters. The molecule has 1 saturated carbocycles. The van der Waals surface area contributed by atoms with Gasteiger partial charge < -0.3 is 19.6 Å². The van der Waals surface area contributed by atoms with E-state index in [2.05, 4.69) is 0 Å². The Morgan fingerprint density at radius 2 is 1.95 bits per heavy atom. The predicted molar refractivity (Wildman–Crippen MR) is 71.1 cm³/mol. The Bertz CT molecular complexity index is 303. The number of nitrogens with zero attached hydrogens (tertiary/aromatic N) is 2. The summed E-state index contributed by atoms with van der Waals surface area (Å²) in [5, 5.41) is 8.99. The van der Waals surface area contributed by atoms with E-state index in [4.69, 9.17) is 9.84 Å². The Morgan fingerprint density at radius 3 is 2.42 bits per heavy atom. The van der Waals surface area contributed by atoms with Crippen LogP contribution in [0.1, 0.15) is 32.6 Å². The molecular formula is C13H24N2O4. The van der Waals surface area contributed by atoms with Crippen LogP contribution in [0, 0.1) is 0 Å². The molecule has 1 aliphatic rings. The van der Waals surface area contributed by atoms with Gasteiger partial charge in [-0.25, -0.2) is 4.79 Å². The Kier molecular flexibility index (Phi) is 6.62. The molecule has 0 bridgehead atoms. The summed E-state index contributed by atoms with van der Waals surface area (Å²) in [5.74, 6) is -0.956. The molecule has 2 amide bonds. The number of aliphatic carboxylic acids is 1. The molecule has 1 aliphatic carbocycles. The molecule has 0 saturated heterocycles. The largest absolute Gasteiger partial charge is 0.480 e. The molecule has 0 aliphatic heterocycles. The lowest BCUT2D eigenvalue weighted by molar-refractivity contribution is -0.138. The standard InChI is InChI=1S/C13H24N2O4/c1-3-14(8-9-19-2)13(18)15(10-12(16)17)11-6-4-5-7-11/h11H,3-10H2,1-2H3,(H,16,17). The number of likely N-dealkylation sites (N-methyl/N-ethyl adjacent to an activating group) is 1. The van der Waals surface area contributed by atoms with Gasteiger partial charge in [-0.15, -0.1) is 0 Å². The number of carboxylic acids is 1. The number of ether oxygens (including phenoxy) is 1. The number of hydrogen-bond acceptors (Lipinski definition) is 3. The summed E-state index contributed by atoms with van der Waals surface area (Å²) in [6.07, 6.45) is 3.94. The molecular weight excluding hydrogens is 248 g/mol. The van der Waals surface area contributed by atoms with Gasteiger partial charge in [0, 0.05) is 26.2 Å². The Balaban J connectivity index is 2.70. The molecule has 1 N–H and O–H groups in total. The number of carboxylic acid groups (broad SMARTS) is 1. The summed E-state index contributed by atoms with van der Waals surface area (Å²) in [4.78, 5) is 26.5. The van der Waals surface area contributed by atoms with Crippen LogP contribution in [0.2, 0.25) is 0 Å². The Hall–Kier alpha value is -1.30. The minimum Gasteiger partial charge on any atom is -0.480 e. The van der Waals surface area contributed by atoms with Crippen LogP contribution in [0.15, 0.2) is 0 Å². The third-order valence-electron chi connectivity index (χ3n) is 3.53. The van der Waals surface area contributed by atoms with Gasteiger partial charge in [-0.1, -0.05) is 12.8 Å². The number of rotatable bonds is 7. The first-order chi connectivity index (χ1) is 9.10. The fourth-order valence-corrected chi connectivity index (χ4v) is 2.49. The fourth-order valence-electron chi connectivity index (χ4n) is 2.49. The van der Waals surface area contributed by atoms with Crippen molar-refractivity contribution in [2.24, 2.45) is 0 Å². The van der Waals surface area contributed by atoms with Gasteiger partial charge >= 0.3 is 12.0 Å². The van der Waals surface area contributed by atoms with Crippen LogP contribution in [-0.2, 0) is 9.53 Å². The second-order valence-corrected chi connectivity index (χ2v) is 4.81. The molecule has 6 heteroatoms. The first-order valence-electron chi connectivity index (χ1n) is 6.86. The van der Waals surface area contributed by atoms with Gasteiger partial charge in [-0.3, -0.25) is 4.79 Å². The zero-order chi connectivity index (χ0) is 14.3. The molecule has 0 radical (unpaired) electrons. The average Bonchev–Trinajstić information content (AvgIpc) is 2.90. The summed E-state index contributed by atoms with van der Waals surface area (Å²) >= 11 is 0. The van der Waals surface area contributed by atoms with Crippen LogP contribution in [-0.4, -0.2) is 66.3 Å². The number of hydrogen-bond donors (Lipinski definition) is 1. The van der Waals surface area contributed by atoms with Crippen LogP contribution in [0.25, 0.3) is 0 Å². The van der Waals surface area contributed by atoms with Crippen molar-refractivity contribution in [3.05, 3.63) is 0 Å². The van der Waals surface area contributed by atoms with E-state index < -0.39 is 5.97 Å². The lowest BCUT2D eigenvalue weighted by Gasteiger charge is -2.33. The molecule has 0 aromatic rings. The van der Waals surface area contributed by atoms with Crippen molar-refractivity contribution in [3.63, 3.8) is 0 Å². The number of amides is 2. The Labute approximate surface area is 114 Å². The maximum Gasteiger partial charge on any atom is 0.323 e. The quantitative estimate of drug-likeness (QED) is 0.760.